The zero-order valence-electron chi connectivity index (χ0n) is 56.2. The summed E-state index contributed by atoms with van der Waals surface area (Å²) in [5, 5.41) is 136. The fraction of sp³-hybridized carbons (Fsp3) is 0.899. The Morgan fingerprint density at radius 1 is 0.565 bits per heavy atom. The lowest BCUT2D eigenvalue weighted by Gasteiger charge is -2.50. The van der Waals surface area contributed by atoms with Crippen LogP contribution >= 0.6 is 0 Å². The summed E-state index contributed by atoms with van der Waals surface area (Å²) in [5.74, 6) is -6.16. The van der Waals surface area contributed by atoms with E-state index in [2.05, 4.69) is 36.6 Å². The van der Waals surface area contributed by atoms with Crippen molar-refractivity contribution in [3.05, 3.63) is 24.3 Å². The van der Waals surface area contributed by atoms with Gasteiger partial charge in [-0.05, 0) is 44.9 Å². The molecule has 18 unspecified atom stereocenters. The standard InChI is InChI=1S/C69H126N2O21/c1-4-6-8-10-12-14-16-18-19-20-21-22-23-24-25-26-27-28-29-31-32-34-36-38-40-42-51(76)50(71-56(79)43-41-39-37-35-33-30-17-15-13-11-9-7-5-2)48-87-66-61(83)60(82)63(55(47-74)89-66)90-67-62(84)65(59(81)54(46-73)88-67)92-69(68(85)86)44-52(77)57(70-49(3)75)64(91-69)58(80)53(78)45-72/h30,33,40,42,50-55,57-67,72-74,76-78,80-84H,4-29,31-32,34-39,41,43-48H2,1-3H3,(H,70,75)(H,71,79)(H,85,86)/b33-30-,42-40+. The van der Waals surface area contributed by atoms with E-state index in [9.17, 15) is 75.7 Å². The van der Waals surface area contributed by atoms with Crippen molar-refractivity contribution in [2.75, 3.05) is 26.4 Å². The van der Waals surface area contributed by atoms with Crippen LogP contribution in [0.5, 0.6) is 0 Å². The number of unbranched alkanes of at least 4 members (excludes halogenated alkanes) is 32. The first-order valence-corrected chi connectivity index (χ1v) is 35.7. The van der Waals surface area contributed by atoms with Gasteiger partial charge in [0.25, 0.3) is 5.79 Å². The summed E-state index contributed by atoms with van der Waals surface area (Å²) in [6.07, 6.45) is 20.9. The van der Waals surface area contributed by atoms with Crippen LogP contribution in [0.1, 0.15) is 258 Å². The molecule has 0 radical (unpaired) electrons. The lowest BCUT2D eigenvalue weighted by Crippen LogP contribution is -2.70. The van der Waals surface area contributed by atoms with E-state index in [-0.39, 0.29) is 12.3 Å². The molecule has 0 spiro atoms. The van der Waals surface area contributed by atoms with Crippen LogP contribution in [0.15, 0.2) is 24.3 Å². The number of carboxylic acids is 1. The molecule has 2 amide bonds. The van der Waals surface area contributed by atoms with Crippen molar-refractivity contribution in [3.63, 3.8) is 0 Å². The normalized spacial score (nSPS) is 28.3. The first-order valence-electron chi connectivity index (χ1n) is 35.7. The van der Waals surface area contributed by atoms with Crippen LogP contribution < -0.4 is 10.6 Å². The van der Waals surface area contributed by atoms with E-state index >= 15 is 0 Å². The molecule has 3 heterocycles. The lowest BCUT2D eigenvalue weighted by molar-refractivity contribution is -0.386. The summed E-state index contributed by atoms with van der Waals surface area (Å²) in [5.41, 5.74) is 0. The molecule has 0 aromatic rings. The van der Waals surface area contributed by atoms with Gasteiger partial charge >= 0.3 is 5.97 Å². The highest BCUT2D eigenvalue weighted by Gasteiger charge is 2.60. The minimum absolute atomic E-state index is 0.180. The number of carbonyl (C=O) groups is 3. The minimum atomic E-state index is -3.08. The molecule has 0 aliphatic carbocycles. The number of ether oxygens (including phenoxy) is 6. The molecule has 3 fully saturated rings. The average Bonchev–Trinajstić information content (AvgIpc) is 0.767. The maximum Gasteiger partial charge on any atom is 0.364 e. The van der Waals surface area contributed by atoms with Crippen LogP contribution in [0.3, 0.4) is 0 Å². The molecule has 538 valence electrons. The van der Waals surface area contributed by atoms with E-state index in [1.54, 1.807) is 6.08 Å². The largest absolute Gasteiger partial charge is 0.477 e. The van der Waals surface area contributed by atoms with Crippen LogP contribution in [0.25, 0.3) is 0 Å². The summed E-state index contributed by atoms with van der Waals surface area (Å²) >= 11 is 0. The molecular formula is C69H126N2O21. The molecule has 0 aromatic carbocycles. The Morgan fingerprint density at radius 3 is 1.48 bits per heavy atom. The number of aliphatic carboxylic acids is 1. The van der Waals surface area contributed by atoms with E-state index in [0.717, 1.165) is 51.9 Å². The van der Waals surface area contributed by atoms with Crippen molar-refractivity contribution in [2.45, 2.75) is 368 Å². The molecule has 3 aliphatic rings. The Kier molecular flexibility index (Phi) is 45.1. The van der Waals surface area contributed by atoms with Gasteiger partial charge in [0.15, 0.2) is 12.6 Å². The number of hydrogen-bond donors (Lipinski definition) is 14. The van der Waals surface area contributed by atoms with Gasteiger partial charge in [-0.15, -0.1) is 0 Å². The van der Waals surface area contributed by atoms with Crippen molar-refractivity contribution >= 4 is 17.8 Å². The molecule has 92 heavy (non-hydrogen) atoms. The average molecular weight is 1320 g/mol. The summed E-state index contributed by atoms with van der Waals surface area (Å²) in [7, 11) is 0. The molecule has 23 nitrogen and oxygen atoms in total. The minimum Gasteiger partial charge on any atom is -0.477 e. The van der Waals surface area contributed by atoms with Crippen LogP contribution in [0, 0.1) is 0 Å². The van der Waals surface area contributed by atoms with Crippen molar-refractivity contribution in [3.8, 4) is 0 Å². The lowest BCUT2D eigenvalue weighted by atomic mass is 9.88. The Labute approximate surface area is 549 Å². The maximum atomic E-state index is 13.4. The number of carbonyl (C=O) groups excluding carboxylic acids is 2. The molecule has 0 aromatic heterocycles. The van der Waals surface area contributed by atoms with Crippen LogP contribution in [0.4, 0.5) is 0 Å². The summed E-state index contributed by atoms with van der Waals surface area (Å²) in [4.78, 5) is 38.5. The van der Waals surface area contributed by atoms with Gasteiger partial charge in [0.2, 0.25) is 11.8 Å². The first-order chi connectivity index (χ1) is 44.4. The predicted molar refractivity (Wildman–Crippen MR) is 348 cm³/mol. The quantitative estimate of drug-likeness (QED) is 0.0219. The molecule has 0 saturated carbocycles. The number of amides is 2. The molecule has 0 bridgehead atoms. The molecule has 3 aliphatic heterocycles. The molecule has 3 rings (SSSR count). The Balaban J connectivity index is 1.57. The van der Waals surface area contributed by atoms with Gasteiger partial charge in [0.05, 0.1) is 50.7 Å². The van der Waals surface area contributed by atoms with Crippen molar-refractivity contribution in [2.24, 2.45) is 0 Å². The molecule has 23 heteroatoms. The van der Waals surface area contributed by atoms with Gasteiger partial charge in [-0.3, -0.25) is 9.59 Å². The topological polar surface area (TPSA) is 373 Å². The monoisotopic (exact) mass is 1320 g/mol. The number of allylic oxidation sites excluding steroid dienone is 3. The van der Waals surface area contributed by atoms with Gasteiger partial charge < -0.3 is 100 Å². The summed E-state index contributed by atoms with van der Waals surface area (Å²) in [6.45, 7) is 2.12. The molecule has 3 saturated heterocycles. The second-order valence-electron chi connectivity index (χ2n) is 26.1. The number of aliphatic hydroxyl groups is 11. The van der Waals surface area contributed by atoms with Crippen molar-refractivity contribution < 1.29 is 104 Å². The summed E-state index contributed by atoms with van der Waals surface area (Å²) < 4.78 is 34.8. The maximum absolute atomic E-state index is 13.4. The predicted octanol–water partition coefficient (Wildman–Crippen LogP) is 6.84. The smallest absolute Gasteiger partial charge is 0.364 e. The van der Waals surface area contributed by atoms with E-state index in [1.165, 1.54) is 167 Å². The zero-order chi connectivity index (χ0) is 67.5. The number of carboxylic acid groups (broad SMARTS) is 1. The van der Waals surface area contributed by atoms with Crippen molar-refractivity contribution in [1.29, 1.82) is 0 Å². The SMILES string of the molecule is CCCCCCCC/C=C\CCCCCC(=O)NC(COC1OC(CO)C(OC2OC(CO)C(O)C(OC3(C(=O)O)CC(O)C(NC(C)=O)C(C(O)C(O)CO)O3)C2O)C(O)C1O)C(O)/C=C/CCCCCCCCCCCCCCCCCCCCCCCCC. The number of rotatable bonds is 54. The van der Waals surface area contributed by atoms with Gasteiger partial charge in [0, 0.05) is 19.8 Å². The fourth-order valence-corrected chi connectivity index (χ4v) is 12.4. The number of aliphatic hydroxyl groups excluding tert-OH is 11. The third kappa shape index (κ3) is 31.6. The third-order valence-electron chi connectivity index (χ3n) is 18.1. The fourth-order valence-electron chi connectivity index (χ4n) is 12.4. The molecule has 18 atom stereocenters. The van der Waals surface area contributed by atoms with E-state index in [4.69, 9.17) is 28.4 Å². The first kappa shape index (κ1) is 83.4. The summed E-state index contributed by atoms with van der Waals surface area (Å²) in [6, 6.07) is -2.63. The second kappa shape index (κ2) is 49.7. The molecular weight excluding hydrogens is 1190 g/mol. The van der Waals surface area contributed by atoms with E-state index < -0.39 is 155 Å². The van der Waals surface area contributed by atoms with E-state index in [1.807, 2.05) is 6.08 Å². The van der Waals surface area contributed by atoms with Crippen molar-refractivity contribution in [1.82, 2.24) is 10.6 Å². The van der Waals surface area contributed by atoms with Crippen LogP contribution in [-0.2, 0) is 42.8 Å². The third-order valence-corrected chi connectivity index (χ3v) is 18.1. The Hall–Kier alpha value is -2.79. The van der Waals surface area contributed by atoms with Gasteiger partial charge in [-0.1, -0.05) is 218 Å². The molecule has 14 N–H and O–H groups in total. The Bertz CT molecular complexity index is 1960. The van der Waals surface area contributed by atoms with E-state index in [0.29, 0.717) is 12.8 Å². The highest BCUT2D eigenvalue weighted by molar-refractivity contribution is 5.77. The van der Waals surface area contributed by atoms with Crippen LogP contribution in [-0.4, -0.2) is 215 Å². The van der Waals surface area contributed by atoms with Gasteiger partial charge in [0.1, 0.15) is 67.1 Å². The zero-order valence-corrected chi connectivity index (χ0v) is 56.2. The number of hydrogen-bond acceptors (Lipinski definition) is 20. The second-order valence-corrected chi connectivity index (χ2v) is 26.1. The Morgan fingerprint density at radius 2 is 1.02 bits per heavy atom. The highest BCUT2D eigenvalue weighted by Crippen LogP contribution is 2.39. The van der Waals surface area contributed by atoms with Gasteiger partial charge in [-0.2, -0.15) is 0 Å². The highest BCUT2D eigenvalue weighted by atomic mass is 16.8. The van der Waals surface area contributed by atoms with Crippen LogP contribution in [0.2, 0.25) is 0 Å². The number of nitrogens with one attached hydrogen (secondary N) is 2. The van der Waals surface area contributed by atoms with Gasteiger partial charge in [-0.25, -0.2) is 4.79 Å².